The molecule has 0 bridgehead atoms. The summed E-state index contributed by atoms with van der Waals surface area (Å²) in [4.78, 5) is 46.7. The molecule has 0 spiro atoms. The van der Waals surface area contributed by atoms with Crippen molar-refractivity contribution in [3.63, 3.8) is 0 Å². The number of pyridine rings is 1. The fraction of sp³-hybridized carbons (Fsp3) is 0.517. The second kappa shape index (κ2) is 12.5. The summed E-state index contributed by atoms with van der Waals surface area (Å²) in [6.07, 6.45) is 7.93. The van der Waals surface area contributed by atoms with E-state index in [0.717, 1.165) is 31.2 Å². The Kier molecular flexibility index (Phi) is 8.85. The second-order valence-electron chi connectivity index (χ2n) is 10.9. The molecule has 1 aromatic heterocycles. The fourth-order valence-corrected chi connectivity index (χ4v) is 5.70. The molecule has 4 amide bonds. The summed E-state index contributed by atoms with van der Waals surface area (Å²) >= 11 is 5.88. The Morgan fingerprint density at radius 1 is 1.20 bits per heavy atom. The highest BCUT2D eigenvalue weighted by atomic mass is 35.5. The summed E-state index contributed by atoms with van der Waals surface area (Å²) in [6.45, 7) is 0.872. The van der Waals surface area contributed by atoms with Crippen LogP contribution in [0, 0.1) is 11.7 Å². The molecular weight excluding hydrogens is 537 g/mol. The minimum atomic E-state index is -0.880. The third-order valence-corrected chi connectivity index (χ3v) is 8.26. The van der Waals surface area contributed by atoms with Gasteiger partial charge in [-0.2, -0.15) is 0 Å². The Morgan fingerprint density at radius 3 is 2.73 bits per heavy atom. The van der Waals surface area contributed by atoms with Gasteiger partial charge in [0.15, 0.2) is 0 Å². The molecule has 2 saturated heterocycles. The van der Waals surface area contributed by atoms with Crippen LogP contribution in [0.5, 0.6) is 0 Å². The van der Waals surface area contributed by atoms with Gasteiger partial charge in [0, 0.05) is 39.2 Å². The Balaban J connectivity index is 1.33. The largest absolute Gasteiger partial charge is 0.380 e. The van der Waals surface area contributed by atoms with Gasteiger partial charge >= 0.3 is 6.03 Å². The van der Waals surface area contributed by atoms with Crippen molar-refractivity contribution in [2.24, 2.45) is 5.92 Å². The summed E-state index contributed by atoms with van der Waals surface area (Å²) in [6, 6.07) is 6.28. The Labute approximate surface area is 238 Å². The van der Waals surface area contributed by atoms with Gasteiger partial charge in [-0.15, -0.1) is 0 Å². The highest BCUT2D eigenvalue weighted by Crippen LogP contribution is 2.39. The first-order valence-electron chi connectivity index (χ1n) is 13.9. The van der Waals surface area contributed by atoms with Crippen LogP contribution >= 0.6 is 11.6 Å². The van der Waals surface area contributed by atoms with Crippen LogP contribution in [0.1, 0.15) is 63.0 Å². The van der Waals surface area contributed by atoms with Crippen LogP contribution < -0.4 is 10.6 Å². The number of nitrogens with zero attached hydrogens (tertiary/aromatic N) is 3. The summed E-state index contributed by atoms with van der Waals surface area (Å²) in [5, 5.41) is 5.82. The number of likely N-dealkylation sites (tertiary alicyclic amines) is 2. The van der Waals surface area contributed by atoms with E-state index in [9.17, 15) is 14.4 Å². The quantitative estimate of drug-likeness (QED) is 0.421. The van der Waals surface area contributed by atoms with Gasteiger partial charge in [0.1, 0.15) is 17.7 Å². The molecule has 3 atom stereocenters. The number of carbonyl (C=O) groups is 3. The molecule has 2 N–H and O–H groups in total. The number of halogens is 2. The Bertz CT molecular complexity index is 1240. The van der Waals surface area contributed by atoms with E-state index < -0.39 is 23.8 Å². The van der Waals surface area contributed by atoms with E-state index in [0.29, 0.717) is 23.9 Å². The molecule has 3 aliphatic rings. The zero-order chi connectivity index (χ0) is 28.2. The number of benzene rings is 1. The molecule has 5 rings (SSSR count). The highest BCUT2D eigenvalue weighted by Gasteiger charge is 2.40. The summed E-state index contributed by atoms with van der Waals surface area (Å²) in [5.41, 5.74) is 0.834. The summed E-state index contributed by atoms with van der Waals surface area (Å²) in [5.74, 6) is 0.00963. The number of amides is 4. The van der Waals surface area contributed by atoms with Gasteiger partial charge in [-0.1, -0.05) is 30.5 Å². The van der Waals surface area contributed by atoms with Crippen molar-refractivity contribution >= 4 is 41.0 Å². The molecule has 9 nitrogen and oxygen atoms in total. The van der Waals surface area contributed by atoms with Crippen molar-refractivity contribution in [3.05, 3.63) is 52.9 Å². The van der Waals surface area contributed by atoms with E-state index in [-0.39, 0.29) is 42.5 Å². The monoisotopic (exact) mass is 571 g/mol. The number of rotatable bonds is 9. The third kappa shape index (κ3) is 6.72. The smallest absolute Gasteiger partial charge is 0.323 e. The highest BCUT2D eigenvalue weighted by molar-refractivity contribution is 6.30. The molecule has 3 unspecified atom stereocenters. The summed E-state index contributed by atoms with van der Waals surface area (Å²) in [7, 11) is 1.52. The van der Waals surface area contributed by atoms with E-state index >= 15 is 4.39 Å². The standard InChI is InChI=1S/C29H35ClFN5O4/c1-40-21-15-25(36(17-21)29(39)34-26-12-9-20(30)16-32-26)28(38)33-23-14-19(8-10-22(23)31)24(11-7-18-5-6-18)35-13-3-2-4-27(35)37/h8-10,12,14,16,18,21,24-25H,2-7,11,13,15,17H2,1H3,(H,33,38)(H,32,34,39). The van der Waals surface area contributed by atoms with Crippen LogP contribution in [0.4, 0.5) is 20.7 Å². The Morgan fingerprint density at radius 2 is 2.02 bits per heavy atom. The maximum Gasteiger partial charge on any atom is 0.323 e. The summed E-state index contributed by atoms with van der Waals surface area (Å²) < 4.78 is 20.5. The lowest BCUT2D eigenvalue weighted by Gasteiger charge is -2.35. The molecule has 3 heterocycles. The van der Waals surface area contributed by atoms with Crippen molar-refractivity contribution < 1.29 is 23.5 Å². The number of piperidine rings is 1. The minimum absolute atomic E-state index is 0.0315. The van der Waals surface area contributed by atoms with Gasteiger partial charge in [-0.05, 0) is 61.4 Å². The fourth-order valence-electron chi connectivity index (χ4n) is 5.59. The molecular formula is C29H35ClFN5O4. The lowest BCUT2D eigenvalue weighted by molar-refractivity contribution is -0.136. The first-order chi connectivity index (χ1) is 19.3. The number of carbonyl (C=O) groups excluding carboxylic acids is 3. The number of nitrogens with one attached hydrogen (secondary N) is 2. The normalized spacial score (nSPS) is 21.8. The third-order valence-electron chi connectivity index (χ3n) is 8.04. The zero-order valence-electron chi connectivity index (χ0n) is 22.6. The number of anilines is 2. The number of ether oxygens (including phenoxy) is 1. The molecule has 0 radical (unpaired) electrons. The van der Waals surface area contributed by atoms with Crippen LogP contribution in [0.25, 0.3) is 0 Å². The molecule has 1 saturated carbocycles. The van der Waals surface area contributed by atoms with Crippen molar-refractivity contribution in [2.75, 3.05) is 30.8 Å². The maximum absolute atomic E-state index is 15.0. The first-order valence-corrected chi connectivity index (χ1v) is 14.3. The lowest BCUT2D eigenvalue weighted by Crippen LogP contribution is -2.45. The van der Waals surface area contributed by atoms with E-state index in [1.165, 1.54) is 37.1 Å². The minimum Gasteiger partial charge on any atom is -0.380 e. The van der Waals surface area contributed by atoms with Crippen molar-refractivity contribution in [1.82, 2.24) is 14.8 Å². The number of aromatic nitrogens is 1. The van der Waals surface area contributed by atoms with Crippen LogP contribution in [0.15, 0.2) is 36.5 Å². The number of hydrogen-bond donors (Lipinski definition) is 2. The number of hydrogen-bond acceptors (Lipinski definition) is 5. The maximum atomic E-state index is 15.0. The van der Waals surface area contributed by atoms with E-state index in [2.05, 4.69) is 15.6 Å². The van der Waals surface area contributed by atoms with Gasteiger partial charge < -0.3 is 19.9 Å². The molecule has 1 aliphatic carbocycles. The van der Waals surface area contributed by atoms with E-state index in [1.807, 2.05) is 4.90 Å². The number of methoxy groups -OCH3 is 1. The molecule has 2 aliphatic heterocycles. The second-order valence-corrected chi connectivity index (χ2v) is 11.3. The van der Waals surface area contributed by atoms with Gasteiger partial charge in [-0.3, -0.25) is 14.9 Å². The lowest BCUT2D eigenvalue weighted by atomic mass is 9.95. The van der Waals surface area contributed by atoms with Crippen LogP contribution in [0.3, 0.4) is 0 Å². The van der Waals surface area contributed by atoms with Gasteiger partial charge in [-0.25, -0.2) is 14.2 Å². The first kappa shape index (κ1) is 28.3. The molecule has 214 valence electrons. The van der Waals surface area contributed by atoms with E-state index in [4.69, 9.17) is 16.3 Å². The van der Waals surface area contributed by atoms with Crippen LogP contribution in [-0.2, 0) is 14.3 Å². The zero-order valence-corrected chi connectivity index (χ0v) is 23.3. The van der Waals surface area contributed by atoms with Crippen LogP contribution in [0.2, 0.25) is 5.02 Å². The molecule has 3 fully saturated rings. The Hall–Kier alpha value is -3.24. The van der Waals surface area contributed by atoms with E-state index in [1.54, 1.807) is 24.3 Å². The molecule has 40 heavy (non-hydrogen) atoms. The van der Waals surface area contributed by atoms with Gasteiger partial charge in [0.05, 0.1) is 22.9 Å². The average Bonchev–Trinajstić information content (AvgIpc) is 3.67. The topological polar surface area (TPSA) is 104 Å². The van der Waals surface area contributed by atoms with Crippen molar-refractivity contribution in [2.45, 2.75) is 69.6 Å². The number of urea groups is 1. The molecule has 11 heteroatoms. The molecule has 1 aromatic carbocycles. The average molecular weight is 572 g/mol. The van der Waals surface area contributed by atoms with Crippen LogP contribution in [-0.4, -0.2) is 65.0 Å². The van der Waals surface area contributed by atoms with Crippen molar-refractivity contribution in [1.29, 1.82) is 0 Å². The predicted molar refractivity (Wildman–Crippen MR) is 149 cm³/mol. The predicted octanol–water partition coefficient (Wildman–Crippen LogP) is 5.38. The van der Waals surface area contributed by atoms with Gasteiger partial charge in [0.2, 0.25) is 11.8 Å². The SMILES string of the molecule is COC1CC(C(=O)Nc2cc(C(CCC3CC3)N3CCCCC3=O)ccc2F)N(C(=O)Nc2ccc(Cl)cn2)C1. The van der Waals surface area contributed by atoms with Crippen molar-refractivity contribution in [3.8, 4) is 0 Å². The van der Waals surface area contributed by atoms with Gasteiger partial charge in [0.25, 0.3) is 0 Å². The molecule has 2 aromatic rings.